The van der Waals surface area contributed by atoms with Crippen molar-refractivity contribution in [2.24, 2.45) is 5.92 Å². The fraction of sp³-hybridized carbons (Fsp3) is 0.407. The second-order valence-electron chi connectivity index (χ2n) is 9.80. The highest BCUT2D eigenvalue weighted by Gasteiger charge is 2.38. The van der Waals surface area contributed by atoms with Crippen molar-refractivity contribution >= 4 is 34.5 Å². The Kier molecular flexibility index (Phi) is 10.4. The normalized spacial score (nSPS) is 17.7. The predicted molar refractivity (Wildman–Crippen MR) is 141 cm³/mol. The Morgan fingerprint density at radius 1 is 1.02 bits per heavy atom. The van der Waals surface area contributed by atoms with Crippen LogP contribution in [0.5, 0.6) is 0 Å². The molecule has 1 fully saturated rings. The van der Waals surface area contributed by atoms with Crippen molar-refractivity contribution in [3.8, 4) is 0 Å². The topological polar surface area (TPSA) is 128 Å². The maximum atomic E-state index is 13.4. The molecule has 0 spiro atoms. The van der Waals surface area contributed by atoms with E-state index in [1.54, 1.807) is 0 Å². The summed E-state index contributed by atoms with van der Waals surface area (Å²) in [4.78, 5) is 32.5. The summed E-state index contributed by atoms with van der Waals surface area (Å²) in [5.41, 5.74) is 0.784. The van der Waals surface area contributed by atoms with E-state index in [-0.39, 0.29) is 17.5 Å². The molecule has 9 nitrogen and oxygen atoms in total. The molecular formula is C27H30F5N5O4. The monoisotopic (exact) mass is 583 g/mol. The van der Waals surface area contributed by atoms with Crippen molar-refractivity contribution in [3.05, 3.63) is 59.7 Å². The Balaban J connectivity index is 0.000000587. The molecule has 0 saturated heterocycles. The van der Waals surface area contributed by atoms with E-state index >= 15 is 0 Å². The van der Waals surface area contributed by atoms with Gasteiger partial charge in [0.1, 0.15) is 17.5 Å². The number of benzene rings is 2. The van der Waals surface area contributed by atoms with E-state index in [9.17, 15) is 31.9 Å². The van der Waals surface area contributed by atoms with Gasteiger partial charge in [-0.3, -0.25) is 4.79 Å². The molecule has 0 radical (unpaired) electrons. The number of carboxylic acids is 1. The van der Waals surface area contributed by atoms with Crippen LogP contribution >= 0.6 is 0 Å². The number of amides is 1. The number of aromatic nitrogens is 2. The molecule has 1 unspecified atom stereocenters. The van der Waals surface area contributed by atoms with Crippen molar-refractivity contribution in [2.45, 2.75) is 44.0 Å². The molecule has 1 aliphatic rings. The van der Waals surface area contributed by atoms with E-state index in [1.165, 1.54) is 0 Å². The van der Waals surface area contributed by atoms with Crippen LogP contribution in [0.1, 0.15) is 37.4 Å². The van der Waals surface area contributed by atoms with Crippen LogP contribution in [0.15, 0.2) is 42.5 Å². The van der Waals surface area contributed by atoms with Gasteiger partial charge < -0.3 is 25.7 Å². The molecular weight excluding hydrogens is 553 g/mol. The minimum absolute atomic E-state index is 0.101. The number of halogens is 5. The number of nitrogens with zero attached hydrogens (tertiary/aromatic N) is 3. The summed E-state index contributed by atoms with van der Waals surface area (Å²) >= 11 is 0. The number of hydrogen-bond acceptors (Lipinski definition) is 7. The SMILES string of the molecule is CN(C)c1nc(NC2CCC(CNC(=O)C(O)c3cc(F)cc(F)c3)CC2)nc2ccccc12.O=C(O)C(F)(F)F. The van der Waals surface area contributed by atoms with Crippen molar-refractivity contribution in [3.63, 3.8) is 0 Å². The number of para-hydroxylation sites is 1. The van der Waals surface area contributed by atoms with E-state index in [4.69, 9.17) is 14.9 Å². The van der Waals surface area contributed by atoms with Gasteiger partial charge in [-0.2, -0.15) is 18.2 Å². The first-order valence-corrected chi connectivity index (χ1v) is 12.7. The molecule has 4 N–H and O–H groups in total. The van der Waals surface area contributed by atoms with E-state index in [2.05, 4.69) is 15.6 Å². The first-order chi connectivity index (χ1) is 19.2. The second kappa shape index (κ2) is 13.5. The summed E-state index contributed by atoms with van der Waals surface area (Å²) in [5, 5.41) is 24.4. The zero-order valence-corrected chi connectivity index (χ0v) is 22.3. The predicted octanol–water partition coefficient (Wildman–Crippen LogP) is 4.43. The molecule has 1 heterocycles. The maximum absolute atomic E-state index is 13.4. The van der Waals surface area contributed by atoms with Crippen LogP contribution in [-0.4, -0.2) is 64.9 Å². The van der Waals surface area contributed by atoms with Crippen molar-refractivity contribution in [2.75, 3.05) is 30.9 Å². The Morgan fingerprint density at radius 2 is 1.61 bits per heavy atom. The van der Waals surface area contributed by atoms with Gasteiger partial charge in [0, 0.05) is 38.1 Å². The molecule has 3 aromatic rings. The number of nitrogens with one attached hydrogen (secondary N) is 2. The number of carboxylic acid groups (broad SMARTS) is 1. The number of aliphatic hydroxyl groups excluding tert-OH is 1. The number of aliphatic hydroxyl groups is 1. The fourth-order valence-corrected chi connectivity index (χ4v) is 4.38. The van der Waals surface area contributed by atoms with Gasteiger partial charge in [0.2, 0.25) is 5.95 Å². The molecule has 1 aromatic heterocycles. The molecule has 0 aliphatic heterocycles. The lowest BCUT2D eigenvalue weighted by atomic mass is 9.86. The zero-order valence-electron chi connectivity index (χ0n) is 22.3. The molecule has 14 heteroatoms. The van der Waals surface area contributed by atoms with Gasteiger partial charge in [0.05, 0.1) is 5.52 Å². The van der Waals surface area contributed by atoms with Crippen molar-refractivity contribution in [1.82, 2.24) is 15.3 Å². The van der Waals surface area contributed by atoms with Crippen LogP contribution in [0, 0.1) is 17.6 Å². The van der Waals surface area contributed by atoms with Crippen LogP contribution in [0.2, 0.25) is 0 Å². The van der Waals surface area contributed by atoms with E-state index in [0.29, 0.717) is 18.6 Å². The molecule has 1 atom stereocenters. The van der Waals surface area contributed by atoms with Crippen molar-refractivity contribution < 1.29 is 41.8 Å². The minimum atomic E-state index is -5.08. The highest BCUT2D eigenvalue weighted by Crippen LogP contribution is 2.28. The third kappa shape index (κ3) is 8.96. The van der Waals surface area contributed by atoms with E-state index in [0.717, 1.165) is 54.5 Å². The maximum Gasteiger partial charge on any atom is 0.490 e. The van der Waals surface area contributed by atoms with Crippen LogP contribution in [-0.2, 0) is 9.59 Å². The van der Waals surface area contributed by atoms with Crippen LogP contribution in [0.4, 0.5) is 33.7 Å². The molecule has 0 bridgehead atoms. The first kappa shape index (κ1) is 31.5. The summed E-state index contributed by atoms with van der Waals surface area (Å²) in [6.07, 6.45) is -3.13. The first-order valence-electron chi connectivity index (χ1n) is 12.7. The highest BCUT2D eigenvalue weighted by atomic mass is 19.4. The minimum Gasteiger partial charge on any atom is -0.475 e. The van der Waals surface area contributed by atoms with E-state index in [1.807, 2.05) is 43.3 Å². The van der Waals surface area contributed by atoms with E-state index < -0.39 is 35.8 Å². The molecule has 1 aliphatic carbocycles. The second-order valence-corrected chi connectivity index (χ2v) is 9.80. The average Bonchev–Trinajstić information content (AvgIpc) is 2.90. The zero-order chi connectivity index (χ0) is 30.3. The largest absolute Gasteiger partial charge is 0.490 e. The molecule has 222 valence electrons. The number of hydrogen-bond donors (Lipinski definition) is 4. The van der Waals surface area contributed by atoms with Gasteiger partial charge >= 0.3 is 12.1 Å². The third-order valence-corrected chi connectivity index (χ3v) is 6.44. The lowest BCUT2D eigenvalue weighted by Gasteiger charge is -2.29. The lowest BCUT2D eigenvalue weighted by molar-refractivity contribution is -0.192. The van der Waals surface area contributed by atoms with Crippen LogP contribution in [0.3, 0.4) is 0 Å². The number of alkyl halides is 3. The number of fused-ring (bicyclic) bond motifs is 1. The molecule has 41 heavy (non-hydrogen) atoms. The van der Waals surface area contributed by atoms with Crippen LogP contribution < -0.4 is 15.5 Å². The summed E-state index contributed by atoms with van der Waals surface area (Å²) in [6, 6.07) is 10.8. The molecule has 1 amide bonds. The summed E-state index contributed by atoms with van der Waals surface area (Å²) in [6.45, 7) is 0.400. The Bertz CT molecular complexity index is 1340. The molecule has 1 saturated carbocycles. The summed E-state index contributed by atoms with van der Waals surface area (Å²) in [5.74, 6) is -3.36. The van der Waals surface area contributed by atoms with Gasteiger partial charge in [0.25, 0.3) is 5.91 Å². The Labute approximate surface area is 232 Å². The fourth-order valence-electron chi connectivity index (χ4n) is 4.38. The van der Waals surface area contributed by atoms with Gasteiger partial charge in [-0.1, -0.05) is 12.1 Å². The average molecular weight is 584 g/mol. The Hall–Kier alpha value is -4.07. The standard InChI is InChI=1S/C25H29F2N5O2.C2HF3O2/c1-32(2)23-20-5-3-4-6-21(20)30-25(31-23)29-19-9-7-15(8-10-19)14-28-24(34)22(33)16-11-17(26)13-18(27)12-16;3-2(4,5)1(6)7/h3-6,11-13,15,19,22,33H,7-10,14H2,1-2H3,(H,28,34)(H,29,30,31);(H,6,7). The number of aliphatic carboxylic acids is 1. The third-order valence-electron chi connectivity index (χ3n) is 6.44. The van der Waals surface area contributed by atoms with Gasteiger partial charge in [-0.15, -0.1) is 0 Å². The quantitative estimate of drug-likeness (QED) is 0.301. The van der Waals surface area contributed by atoms with Gasteiger partial charge in [-0.25, -0.2) is 18.6 Å². The highest BCUT2D eigenvalue weighted by molar-refractivity contribution is 5.90. The molecule has 4 rings (SSSR count). The number of carbonyl (C=O) groups excluding carboxylic acids is 1. The summed E-state index contributed by atoms with van der Waals surface area (Å²) in [7, 11) is 3.92. The smallest absolute Gasteiger partial charge is 0.475 e. The number of anilines is 2. The Morgan fingerprint density at radius 3 is 2.17 bits per heavy atom. The number of carbonyl (C=O) groups is 2. The van der Waals surface area contributed by atoms with Gasteiger partial charge in [-0.05, 0) is 61.4 Å². The lowest BCUT2D eigenvalue weighted by Crippen LogP contribution is -2.36. The van der Waals surface area contributed by atoms with Crippen LogP contribution in [0.25, 0.3) is 10.9 Å². The van der Waals surface area contributed by atoms with Gasteiger partial charge in [0.15, 0.2) is 6.10 Å². The van der Waals surface area contributed by atoms with Crippen molar-refractivity contribution in [1.29, 1.82) is 0 Å². The number of rotatable bonds is 7. The molecule has 2 aromatic carbocycles. The summed E-state index contributed by atoms with van der Waals surface area (Å²) < 4.78 is 58.5.